The van der Waals surface area contributed by atoms with E-state index in [1.54, 1.807) is 6.20 Å². The van der Waals surface area contributed by atoms with Crippen LogP contribution in [0.15, 0.2) is 6.20 Å². The second-order valence-electron chi connectivity index (χ2n) is 3.19. The molecular formula is C8H13N3OS. The topological polar surface area (TPSA) is 47.0 Å². The van der Waals surface area contributed by atoms with Gasteiger partial charge in [-0.15, -0.1) is 0 Å². The minimum absolute atomic E-state index is 0.496. The van der Waals surface area contributed by atoms with E-state index in [9.17, 15) is 0 Å². The van der Waals surface area contributed by atoms with Gasteiger partial charge >= 0.3 is 0 Å². The number of aromatic nitrogens is 2. The predicted octanol–water partition coefficient (Wildman–Crippen LogP) is 0.807. The summed E-state index contributed by atoms with van der Waals surface area (Å²) < 4.78 is 13.4. The lowest BCUT2D eigenvalue weighted by Gasteiger charge is -2.22. The summed E-state index contributed by atoms with van der Waals surface area (Å²) in [6.07, 6.45) is 4.17. The Morgan fingerprint density at radius 1 is 1.69 bits per heavy atom. The van der Waals surface area contributed by atoms with Crippen LogP contribution in [0.1, 0.15) is 18.5 Å². The summed E-state index contributed by atoms with van der Waals surface area (Å²) in [6, 6.07) is 0.496. The monoisotopic (exact) mass is 199 g/mol. The molecule has 4 nitrogen and oxygen atoms in total. The van der Waals surface area contributed by atoms with Crippen LogP contribution >= 0.6 is 11.7 Å². The maximum atomic E-state index is 5.36. The molecule has 0 bridgehead atoms. The van der Waals surface area contributed by atoms with E-state index in [1.165, 1.54) is 18.1 Å². The van der Waals surface area contributed by atoms with E-state index >= 15 is 0 Å². The largest absolute Gasteiger partial charge is 0.380 e. The van der Waals surface area contributed by atoms with E-state index in [4.69, 9.17) is 4.74 Å². The van der Waals surface area contributed by atoms with Gasteiger partial charge in [0.05, 0.1) is 30.2 Å². The quantitative estimate of drug-likeness (QED) is 0.782. The number of ether oxygens (including phenoxy) is 1. The summed E-state index contributed by atoms with van der Waals surface area (Å²) in [6.45, 7) is 2.55. The average Bonchev–Trinajstić information content (AvgIpc) is 2.69. The second-order valence-corrected chi connectivity index (χ2v) is 3.75. The van der Waals surface area contributed by atoms with Crippen LogP contribution in [-0.4, -0.2) is 28.0 Å². The molecule has 0 radical (unpaired) electrons. The minimum atomic E-state index is 0.496. The summed E-state index contributed by atoms with van der Waals surface area (Å²) >= 11 is 1.25. The highest BCUT2D eigenvalue weighted by atomic mass is 32.1. The van der Waals surface area contributed by atoms with Gasteiger partial charge in [-0.25, -0.2) is 0 Å². The van der Waals surface area contributed by atoms with Crippen LogP contribution in [0.2, 0.25) is 0 Å². The Morgan fingerprint density at radius 3 is 3.38 bits per heavy atom. The Morgan fingerprint density at radius 2 is 2.69 bits per heavy atom. The highest BCUT2D eigenvalue weighted by Gasteiger charge is 2.12. The molecule has 1 atom stereocenters. The molecule has 1 aromatic heterocycles. The van der Waals surface area contributed by atoms with Crippen molar-refractivity contribution < 1.29 is 4.74 Å². The molecule has 1 fully saturated rings. The van der Waals surface area contributed by atoms with Crippen molar-refractivity contribution >= 4 is 11.7 Å². The van der Waals surface area contributed by atoms with Gasteiger partial charge in [0, 0.05) is 19.2 Å². The predicted molar refractivity (Wildman–Crippen MR) is 50.6 cm³/mol. The minimum Gasteiger partial charge on any atom is -0.380 e. The molecule has 0 aromatic carbocycles. The maximum Gasteiger partial charge on any atom is 0.0880 e. The van der Waals surface area contributed by atoms with Gasteiger partial charge < -0.3 is 10.1 Å². The molecule has 13 heavy (non-hydrogen) atoms. The molecule has 1 aliphatic rings. The van der Waals surface area contributed by atoms with Crippen molar-refractivity contribution in [1.29, 1.82) is 0 Å². The molecule has 1 aromatic rings. The van der Waals surface area contributed by atoms with Crippen molar-refractivity contribution in [3.8, 4) is 0 Å². The molecule has 2 heterocycles. The Hall–Kier alpha value is -0.520. The highest BCUT2D eigenvalue weighted by molar-refractivity contribution is 6.99. The van der Waals surface area contributed by atoms with Crippen LogP contribution in [0, 0.1) is 0 Å². The van der Waals surface area contributed by atoms with Crippen molar-refractivity contribution in [3.63, 3.8) is 0 Å². The summed E-state index contributed by atoms with van der Waals surface area (Å²) in [5, 5.41) is 3.40. The summed E-state index contributed by atoms with van der Waals surface area (Å²) in [5.41, 5.74) is 1.02. The fourth-order valence-electron chi connectivity index (χ4n) is 1.41. The molecule has 0 spiro atoms. The summed E-state index contributed by atoms with van der Waals surface area (Å²) in [5.74, 6) is 0. The third-order valence-corrected chi connectivity index (χ3v) is 2.65. The number of nitrogens with zero attached hydrogens (tertiary/aromatic N) is 2. The van der Waals surface area contributed by atoms with Crippen LogP contribution in [0.4, 0.5) is 0 Å². The summed E-state index contributed by atoms with van der Waals surface area (Å²) in [4.78, 5) is 0. The van der Waals surface area contributed by atoms with Crippen molar-refractivity contribution in [2.75, 3.05) is 13.2 Å². The van der Waals surface area contributed by atoms with Crippen LogP contribution in [0.5, 0.6) is 0 Å². The van der Waals surface area contributed by atoms with Gasteiger partial charge in [-0.05, 0) is 12.8 Å². The first-order valence-electron chi connectivity index (χ1n) is 4.53. The zero-order chi connectivity index (χ0) is 8.93. The summed E-state index contributed by atoms with van der Waals surface area (Å²) in [7, 11) is 0. The van der Waals surface area contributed by atoms with E-state index in [0.29, 0.717) is 6.04 Å². The van der Waals surface area contributed by atoms with Crippen LogP contribution in [0.25, 0.3) is 0 Å². The fraction of sp³-hybridized carbons (Fsp3) is 0.750. The molecule has 72 valence electrons. The van der Waals surface area contributed by atoms with Gasteiger partial charge in [0.2, 0.25) is 0 Å². The van der Waals surface area contributed by atoms with E-state index in [2.05, 4.69) is 14.1 Å². The van der Waals surface area contributed by atoms with Crippen molar-refractivity contribution in [3.05, 3.63) is 11.9 Å². The third kappa shape index (κ3) is 2.72. The highest BCUT2D eigenvalue weighted by Crippen LogP contribution is 2.06. The number of hydrogen-bond acceptors (Lipinski definition) is 5. The maximum absolute atomic E-state index is 5.36. The van der Waals surface area contributed by atoms with Gasteiger partial charge in [0.1, 0.15) is 0 Å². The average molecular weight is 199 g/mol. The Kier molecular flexibility index (Phi) is 3.23. The van der Waals surface area contributed by atoms with Gasteiger partial charge in [-0.3, -0.25) is 0 Å². The smallest absolute Gasteiger partial charge is 0.0880 e. The number of nitrogens with one attached hydrogen (secondary N) is 1. The molecule has 5 heteroatoms. The first kappa shape index (κ1) is 9.05. The van der Waals surface area contributed by atoms with Gasteiger partial charge in [0.25, 0.3) is 0 Å². The van der Waals surface area contributed by atoms with E-state index < -0.39 is 0 Å². The lowest BCUT2D eigenvalue weighted by Crippen LogP contribution is -2.36. The van der Waals surface area contributed by atoms with E-state index in [-0.39, 0.29) is 0 Å². The van der Waals surface area contributed by atoms with Crippen molar-refractivity contribution in [2.24, 2.45) is 0 Å². The fourth-order valence-corrected chi connectivity index (χ4v) is 1.85. The van der Waals surface area contributed by atoms with E-state index in [0.717, 1.165) is 31.9 Å². The van der Waals surface area contributed by atoms with Crippen molar-refractivity contribution in [1.82, 2.24) is 14.1 Å². The lowest BCUT2D eigenvalue weighted by atomic mass is 10.1. The van der Waals surface area contributed by atoms with Gasteiger partial charge in [-0.1, -0.05) is 0 Å². The SMILES string of the molecule is c1nsnc1CNC1CCCOC1. The number of hydrogen-bond donors (Lipinski definition) is 1. The zero-order valence-electron chi connectivity index (χ0n) is 7.40. The molecule has 1 saturated heterocycles. The normalized spacial score (nSPS) is 23.2. The Bertz CT molecular complexity index is 234. The van der Waals surface area contributed by atoms with Crippen molar-refractivity contribution in [2.45, 2.75) is 25.4 Å². The standard InChI is InChI=1S/C8H13N3OS/c1-2-7(6-12-3-1)9-4-8-5-10-13-11-8/h5,7,9H,1-4,6H2. The van der Waals surface area contributed by atoms with Crippen LogP contribution in [0.3, 0.4) is 0 Å². The molecule has 1 unspecified atom stereocenters. The first-order valence-corrected chi connectivity index (χ1v) is 5.26. The molecule has 1 N–H and O–H groups in total. The second kappa shape index (κ2) is 4.64. The molecule has 2 rings (SSSR count). The molecular weight excluding hydrogens is 186 g/mol. The first-order chi connectivity index (χ1) is 6.45. The van der Waals surface area contributed by atoms with Gasteiger partial charge in [0.15, 0.2) is 0 Å². The van der Waals surface area contributed by atoms with Crippen LogP contribution < -0.4 is 5.32 Å². The Labute approximate surface area is 81.6 Å². The molecule has 1 aliphatic heterocycles. The molecule has 0 amide bonds. The Balaban J connectivity index is 1.72. The number of rotatable bonds is 3. The van der Waals surface area contributed by atoms with E-state index in [1.807, 2.05) is 0 Å². The molecule has 0 aliphatic carbocycles. The third-order valence-electron chi connectivity index (χ3n) is 2.14. The van der Waals surface area contributed by atoms with Gasteiger partial charge in [-0.2, -0.15) is 8.75 Å². The molecule has 0 saturated carbocycles. The zero-order valence-corrected chi connectivity index (χ0v) is 8.22. The van der Waals surface area contributed by atoms with Crippen LogP contribution in [-0.2, 0) is 11.3 Å². The lowest BCUT2D eigenvalue weighted by molar-refractivity contribution is 0.0698.